The van der Waals surface area contributed by atoms with Crippen molar-refractivity contribution in [2.24, 2.45) is 5.73 Å². The topological polar surface area (TPSA) is 47.3 Å². The second kappa shape index (κ2) is 8.08. The van der Waals surface area contributed by atoms with E-state index < -0.39 is 0 Å². The van der Waals surface area contributed by atoms with Gasteiger partial charge in [-0.25, -0.2) is 0 Å². The third-order valence-electron chi connectivity index (χ3n) is 3.78. The third kappa shape index (κ3) is 4.36. The molecule has 0 aromatic heterocycles. The van der Waals surface area contributed by atoms with Crippen molar-refractivity contribution < 1.29 is 4.74 Å². The highest BCUT2D eigenvalue weighted by atomic mass is 16.5. The Morgan fingerprint density at radius 2 is 2.30 bits per heavy atom. The van der Waals surface area contributed by atoms with Crippen molar-refractivity contribution in [1.29, 1.82) is 0 Å². The van der Waals surface area contributed by atoms with E-state index in [1.54, 1.807) is 5.57 Å². The number of benzene rings is 1. The van der Waals surface area contributed by atoms with Crippen LogP contribution in [0.2, 0.25) is 0 Å². The Morgan fingerprint density at radius 1 is 1.40 bits per heavy atom. The number of allylic oxidation sites excluding steroid dienone is 1. The molecule has 0 fully saturated rings. The molecule has 2 rings (SSSR count). The molecule has 3 heteroatoms. The van der Waals surface area contributed by atoms with Crippen molar-refractivity contribution in [2.75, 3.05) is 19.7 Å². The van der Waals surface area contributed by atoms with Crippen LogP contribution in [0.25, 0.3) is 0 Å². The van der Waals surface area contributed by atoms with E-state index in [1.807, 2.05) is 19.1 Å². The lowest BCUT2D eigenvalue weighted by atomic mass is 10.1. The molecule has 1 aromatic carbocycles. The van der Waals surface area contributed by atoms with E-state index in [4.69, 9.17) is 10.5 Å². The summed E-state index contributed by atoms with van der Waals surface area (Å²) in [6.07, 6.45) is 7.38. The van der Waals surface area contributed by atoms with Gasteiger partial charge < -0.3 is 15.8 Å². The highest BCUT2D eigenvalue weighted by Crippen LogP contribution is 2.21. The van der Waals surface area contributed by atoms with Gasteiger partial charge >= 0.3 is 0 Å². The lowest BCUT2D eigenvalue weighted by molar-refractivity contribution is 0.339. The molecular formula is C17H26N2O. The molecule has 1 aliphatic rings. The van der Waals surface area contributed by atoms with Gasteiger partial charge in [0, 0.05) is 12.6 Å². The van der Waals surface area contributed by atoms with Crippen LogP contribution in [-0.2, 0) is 0 Å². The number of rotatable bonds is 8. The van der Waals surface area contributed by atoms with E-state index in [9.17, 15) is 0 Å². The first-order valence-corrected chi connectivity index (χ1v) is 7.67. The maximum absolute atomic E-state index is 5.91. The van der Waals surface area contributed by atoms with Crippen LogP contribution in [-0.4, -0.2) is 19.7 Å². The molecule has 1 unspecified atom stereocenters. The summed E-state index contributed by atoms with van der Waals surface area (Å²) in [6, 6.07) is 8.43. The van der Waals surface area contributed by atoms with E-state index in [0.29, 0.717) is 13.2 Å². The highest BCUT2D eigenvalue weighted by molar-refractivity contribution is 5.30. The number of hydrogen-bond acceptors (Lipinski definition) is 3. The SMILES string of the molecule is CCOc1cccc(C(CN)NCCC2=CCCC2)c1. The van der Waals surface area contributed by atoms with Crippen molar-refractivity contribution in [3.63, 3.8) is 0 Å². The summed E-state index contributed by atoms with van der Waals surface area (Å²) >= 11 is 0. The minimum absolute atomic E-state index is 0.206. The van der Waals surface area contributed by atoms with Crippen LogP contribution < -0.4 is 15.8 Å². The van der Waals surface area contributed by atoms with Crippen LogP contribution in [0, 0.1) is 0 Å². The van der Waals surface area contributed by atoms with Crippen molar-refractivity contribution in [2.45, 2.75) is 38.6 Å². The molecule has 3 N–H and O–H groups in total. The lowest BCUT2D eigenvalue weighted by Gasteiger charge is -2.18. The van der Waals surface area contributed by atoms with Crippen molar-refractivity contribution >= 4 is 0 Å². The molecule has 0 heterocycles. The van der Waals surface area contributed by atoms with Gasteiger partial charge in [-0.15, -0.1) is 0 Å². The number of ether oxygens (including phenoxy) is 1. The van der Waals surface area contributed by atoms with Crippen LogP contribution in [0.3, 0.4) is 0 Å². The molecule has 0 amide bonds. The van der Waals surface area contributed by atoms with Crippen LogP contribution in [0.1, 0.15) is 44.2 Å². The average Bonchev–Trinajstić information content (AvgIpc) is 2.97. The number of nitrogens with one attached hydrogen (secondary N) is 1. The molecule has 3 nitrogen and oxygen atoms in total. The van der Waals surface area contributed by atoms with Gasteiger partial charge in [0.15, 0.2) is 0 Å². The Balaban J connectivity index is 1.88. The van der Waals surface area contributed by atoms with Crippen LogP contribution in [0.5, 0.6) is 5.75 Å². The zero-order valence-corrected chi connectivity index (χ0v) is 12.4. The summed E-state index contributed by atoms with van der Waals surface area (Å²) in [5, 5.41) is 3.56. The quantitative estimate of drug-likeness (QED) is 0.716. The number of nitrogens with two attached hydrogens (primary N) is 1. The fraction of sp³-hybridized carbons (Fsp3) is 0.529. The Morgan fingerprint density at radius 3 is 3.00 bits per heavy atom. The first kappa shape index (κ1) is 15.1. The Bertz CT molecular complexity index is 442. The van der Waals surface area contributed by atoms with E-state index in [1.165, 1.54) is 24.8 Å². The largest absolute Gasteiger partial charge is 0.494 e. The van der Waals surface area contributed by atoms with Crippen molar-refractivity contribution in [3.05, 3.63) is 41.5 Å². The van der Waals surface area contributed by atoms with E-state index in [-0.39, 0.29) is 6.04 Å². The minimum atomic E-state index is 0.206. The van der Waals surface area contributed by atoms with Crippen LogP contribution in [0.4, 0.5) is 0 Å². The zero-order chi connectivity index (χ0) is 14.2. The van der Waals surface area contributed by atoms with Crippen LogP contribution in [0.15, 0.2) is 35.9 Å². The van der Waals surface area contributed by atoms with Gasteiger partial charge in [-0.05, 0) is 56.8 Å². The van der Waals surface area contributed by atoms with Crippen molar-refractivity contribution in [1.82, 2.24) is 5.32 Å². The normalized spacial score (nSPS) is 16.0. The molecule has 0 spiro atoms. The predicted molar refractivity (Wildman–Crippen MR) is 84.0 cm³/mol. The van der Waals surface area contributed by atoms with Gasteiger partial charge in [-0.1, -0.05) is 23.8 Å². The molecule has 0 aliphatic heterocycles. The summed E-state index contributed by atoms with van der Waals surface area (Å²) in [5.74, 6) is 0.920. The second-order valence-corrected chi connectivity index (χ2v) is 5.25. The summed E-state index contributed by atoms with van der Waals surface area (Å²) in [5.41, 5.74) is 8.71. The summed E-state index contributed by atoms with van der Waals surface area (Å²) in [4.78, 5) is 0. The molecule has 110 valence electrons. The van der Waals surface area contributed by atoms with Gasteiger partial charge in [0.25, 0.3) is 0 Å². The molecule has 0 saturated heterocycles. The fourth-order valence-corrected chi connectivity index (χ4v) is 2.70. The van der Waals surface area contributed by atoms with Gasteiger partial charge in [0.2, 0.25) is 0 Å². The first-order chi connectivity index (χ1) is 9.83. The summed E-state index contributed by atoms with van der Waals surface area (Å²) < 4.78 is 5.55. The molecule has 1 aliphatic carbocycles. The van der Waals surface area contributed by atoms with E-state index in [2.05, 4.69) is 23.5 Å². The standard InChI is InChI=1S/C17H26N2O/c1-2-20-16-9-5-8-15(12-16)17(13-18)19-11-10-14-6-3-4-7-14/h5-6,8-9,12,17,19H,2-4,7,10-11,13,18H2,1H3. The third-order valence-corrected chi connectivity index (χ3v) is 3.78. The molecular weight excluding hydrogens is 248 g/mol. The summed E-state index contributed by atoms with van der Waals surface area (Å²) in [7, 11) is 0. The van der Waals surface area contributed by atoms with E-state index >= 15 is 0 Å². The Hall–Kier alpha value is -1.32. The maximum Gasteiger partial charge on any atom is 0.119 e. The second-order valence-electron chi connectivity index (χ2n) is 5.25. The molecule has 0 bridgehead atoms. The maximum atomic E-state index is 5.91. The lowest BCUT2D eigenvalue weighted by Crippen LogP contribution is -2.29. The summed E-state index contributed by atoms with van der Waals surface area (Å²) in [6.45, 7) is 4.29. The van der Waals surface area contributed by atoms with Crippen molar-refractivity contribution in [3.8, 4) is 5.75 Å². The average molecular weight is 274 g/mol. The predicted octanol–water partition coefficient (Wildman–Crippen LogP) is 3.18. The van der Waals surface area contributed by atoms with Crippen LogP contribution >= 0.6 is 0 Å². The number of hydrogen-bond donors (Lipinski definition) is 2. The Labute approximate surface area is 122 Å². The highest BCUT2D eigenvalue weighted by Gasteiger charge is 2.11. The molecule has 1 aromatic rings. The first-order valence-electron chi connectivity index (χ1n) is 7.67. The molecule has 0 saturated carbocycles. The molecule has 0 radical (unpaired) electrons. The molecule has 20 heavy (non-hydrogen) atoms. The van der Waals surface area contributed by atoms with E-state index in [0.717, 1.165) is 18.7 Å². The Kier molecular flexibility index (Phi) is 6.09. The smallest absolute Gasteiger partial charge is 0.119 e. The molecule has 1 atom stereocenters. The minimum Gasteiger partial charge on any atom is -0.494 e. The van der Waals surface area contributed by atoms with Gasteiger partial charge in [0.05, 0.1) is 6.61 Å². The van der Waals surface area contributed by atoms with Gasteiger partial charge in [0.1, 0.15) is 5.75 Å². The fourth-order valence-electron chi connectivity index (χ4n) is 2.70. The van der Waals surface area contributed by atoms with Gasteiger partial charge in [-0.3, -0.25) is 0 Å². The zero-order valence-electron chi connectivity index (χ0n) is 12.4. The monoisotopic (exact) mass is 274 g/mol. The van der Waals surface area contributed by atoms with Gasteiger partial charge in [-0.2, -0.15) is 0 Å².